The van der Waals surface area contributed by atoms with Crippen LogP contribution in [0.2, 0.25) is 0 Å². The summed E-state index contributed by atoms with van der Waals surface area (Å²) >= 11 is 1.55. The maximum absolute atomic E-state index is 11.5. The van der Waals surface area contributed by atoms with Gasteiger partial charge in [-0.15, -0.1) is 0 Å². The maximum atomic E-state index is 11.5. The molecule has 0 fully saturated rings. The van der Waals surface area contributed by atoms with Crippen molar-refractivity contribution >= 4 is 22.6 Å². The van der Waals surface area contributed by atoms with E-state index < -0.39 is 0 Å². The first-order chi connectivity index (χ1) is 9.29. The van der Waals surface area contributed by atoms with Crippen molar-refractivity contribution in [1.82, 2.24) is 0 Å². The molecule has 19 heavy (non-hydrogen) atoms. The van der Waals surface area contributed by atoms with Gasteiger partial charge in [0.2, 0.25) is 0 Å². The lowest BCUT2D eigenvalue weighted by molar-refractivity contribution is -0.134. The summed E-state index contributed by atoms with van der Waals surface area (Å²) in [5.74, 6) is -0.345. The molecule has 0 atom stereocenters. The summed E-state index contributed by atoms with van der Waals surface area (Å²) < 4.78 is 4.71. The van der Waals surface area contributed by atoms with Crippen LogP contribution in [0.3, 0.4) is 0 Å². The average molecular weight is 270 g/mol. The molecule has 0 radical (unpaired) electrons. The molecule has 0 aromatic heterocycles. The number of carbonyl (C=O) groups is 1. The molecule has 96 valence electrons. The normalized spacial score (nSPS) is 11.1. The second-order valence-corrected chi connectivity index (χ2v) is 4.93. The molecular weight excluding hydrogens is 256 g/mol. The standard InChI is InChI=1S/C16H14O2S/c1-18-16(17)12-15(13-8-4-2-5-9-13)19-14-10-6-3-7-11-14/h2-12H,1H3/b15-12-. The van der Waals surface area contributed by atoms with Crippen molar-refractivity contribution in [3.8, 4) is 0 Å². The van der Waals surface area contributed by atoms with Crippen molar-refractivity contribution in [2.45, 2.75) is 4.90 Å². The van der Waals surface area contributed by atoms with E-state index in [1.54, 1.807) is 11.8 Å². The fraction of sp³-hybridized carbons (Fsp3) is 0.0625. The summed E-state index contributed by atoms with van der Waals surface area (Å²) in [5.41, 5.74) is 1.00. The molecule has 0 saturated carbocycles. The van der Waals surface area contributed by atoms with E-state index in [4.69, 9.17) is 4.74 Å². The maximum Gasteiger partial charge on any atom is 0.331 e. The predicted molar refractivity (Wildman–Crippen MR) is 78.7 cm³/mol. The largest absolute Gasteiger partial charge is 0.466 e. The zero-order chi connectivity index (χ0) is 13.5. The molecule has 0 N–H and O–H groups in total. The van der Waals surface area contributed by atoms with Gasteiger partial charge in [-0.05, 0) is 17.7 Å². The first-order valence-electron chi connectivity index (χ1n) is 5.87. The molecule has 2 aromatic carbocycles. The minimum absolute atomic E-state index is 0.345. The smallest absolute Gasteiger partial charge is 0.331 e. The van der Waals surface area contributed by atoms with Gasteiger partial charge in [0.25, 0.3) is 0 Å². The van der Waals surface area contributed by atoms with Crippen molar-refractivity contribution in [3.63, 3.8) is 0 Å². The number of carbonyl (C=O) groups excluding carboxylic acids is 1. The molecule has 0 spiro atoms. The first kappa shape index (κ1) is 13.4. The van der Waals surface area contributed by atoms with E-state index in [1.807, 2.05) is 60.7 Å². The zero-order valence-corrected chi connectivity index (χ0v) is 11.4. The SMILES string of the molecule is COC(=O)/C=C(\Sc1ccccc1)c1ccccc1. The van der Waals surface area contributed by atoms with Crippen molar-refractivity contribution < 1.29 is 9.53 Å². The molecule has 0 aliphatic rings. The van der Waals surface area contributed by atoms with E-state index in [0.717, 1.165) is 15.4 Å². The van der Waals surface area contributed by atoms with Crippen LogP contribution < -0.4 is 0 Å². The topological polar surface area (TPSA) is 26.3 Å². The number of rotatable bonds is 4. The minimum Gasteiger partial charge on any atom is -0.466 e. The summed E-state index contributed by atoms with van der Waals surface area (Å²) in [6, 6.07) is 19.7. The second-order valence-electron chi connectivity index (χ2n) is 3.81. The lowest BCUT2D eigenvalue weighted by Crippen LogP contribution is -1.95. The van der Waals surface area contributed by atoms with Crippen LogP contribution in [0.5, 0.6) is 0 Å². The van der Waals surface area contributed by atoms with Gasteiger partial charge in [-0.25, -0.2) is 4.79 Å². The van der Waals surface area contributed by atoms with Gasteiger partial charge in [0.15, 0.2) is 0 Å². The lowest BCUT2D eigenvalue weighted by atomic mass is 10.2. The summed E-state index contributed by atoms with van der Waals surface area (Å²) in [4.78, 5) is 13.4. The number of hydrogen-bond donors (Lipinski definition) is 0. The van der Waals surface area contributed by atoms with Crippen molar-refractivity contribution in [1.29, 1.82) is 0 Å². The summed E-state index contributed by atoms with van der Waals surface area (Å²) in [6.07, 6.45) is 1.52. The van der Waals surface area contributed by atoms with Crippen molar-refractivity contribution in [3.05, 3.63) is 72.3 Å². The van der Waals surface area contributed by atoms with E-state index in [9.17, 15) is 4.79 Å². The highest BCUT2D eigenvalue weighted by atomic mass is 32.2. The molecule has 0 amide bonds. The van der Waals surface area contributed by atoms with E-state index in [1.165, 1.54) is 13.2 Å². The first-order valence-corrected chi connectivity index (χ1v) is 6.69. The van der Waals surface area contributed by atoms with Crippen LogP contribution in [-0.4, -0.2) is 13.1 Å². The number of thioether (sulfide) groups is 1. The van der Waals surface area contributed by atoms with E-state index in [0.29, 0.717) is 0 Å². The Kier molecular flexibility index (Phi) is 4.81. The number of hydrogen-bond acceptors (Lipinski definition) is 3. The third kappa shape index (κ3) is 4.00. The molecular formula is C16H14O2S. The van der Waals surface area contributed by atoms with Crippen LogP contribution >= 0.6 is 11.8 Å². The van der Waals surface area contributed by atoms with Gasteiger partial charge in [-0.1, -0.05) is 60.3 Å². The van der Waals surface area contributed by atoms with E-state index in [-0.39, 0.29) is 5.97 Å². The van der Waals surface area contributed by atoms with E-state index in [2.05, 4.69) is 0 Å². The lowest BCUT2D eigenvalue weighted by Gasteiger charge is -2.07. The molecule has 2 rings (SSSR count). The predicted octanol–water partition coefficient (Wildman–Crippen LogP) is 3.99. The van der Waals surface area contributed by atoms with Gasteiger partial charge in [0, 0.05) is 15.9 Å². The average Bonchev–Trinajstić information content (AvgIpc) is 2.48. The molecule has 0 unspecified atom stereocenters. The molecule has 3 heteroatoms. The van der Waals surface area contributed by atoms with Gasteiger partial charge in [-0.2, -0.15) is 0 Å². The van der Waals surface area contributed by atoms with Crippen LogP contribution in [-0.2, 0) is 9.53 Å². The number of benzene rings is 2. The van der Waals surface area contributed by atoms with Crippen LogP contribution in [0, 0.1) is 0 Å². The van der Waals surface area contributed by atoms with Crippen LogP contribution in [0.1, 0.15) is 5.56 Å². The van der Waals surface area contributed by atoms with Crippen molar-refractivity contribution in [2.24, 2.45) is 0 Å². The molecule has 0 heterocycles. The Morgan fingerprint density at radius 3 is 2.16 bits per heavy atom. The van der Waals surface area contributed by atoms with Crippen LogP contribution in [0.15, 0.2) is 71.6 Å². The molecule has 0 bridgehead atoms. The quantitative estimate of drug-likeness (QED) is 0.477. The summed E-state index contributed by atoms with van der Waals surface area (Å²) in [6.45, 7) is 0. The Labute approximate surface area is 117 Å². The van der Waals surface area contributed by atoms with Crippen LogP contribution in [0.4, 0.5) is 0 Å². The number of esters is 1. The molecule has 0 aliphatic carbocycles. The highest BCUT2D eigenvalue weighted by Gasteiger charge is 2.06. The minimum atomic E-state index is -0.345. The zero-order valence-electron chi connectivity index (χ0n) is 10.6. The summed E-state index contributed by atoms with van der Waals surface area (Å²) in [7, 11) is 1.38. The number of ether oxygens (including phenoxy) is 1. The van der Waals surface area contributed by atoms with Gasteiger partial charge < -0.3 is 4.74 Å². The highest BCUT2D eigenvalue weighted by Crippen LogP contribution is 2.33. The Bertz CT molecular complexity index is 562. The second kappa shape index (κ2) is 6.81. The fourth-order valence-corrected chi connectivity index (χ4v) is 2.51. The third-order valence-electron chi connectivity index (χ3n) is 2.48. The highest BCUT2D eigenvalue weighted by molar-refractivity contribution is 8.08. The van der Waals surface area contributed by atoms with E-state index >= 15 is 0 Å². The molecule has 2 nitrogen and oxygen atoms in total. The Hall–Kier alpha value is -2.00. The molecule has 0 aliphatic heterocycles. The molecule has 2 aromatic rings. The summed E-state index contributed by atoms with van der Waals surface area (Å²) in [5, 5.41) is 0. The number of methoxy groups -OCH3 is 1. The monoisotopic (exact) mass is 270 g/mol. The third-order valence-corrected chi connectivity index (χ3v) is 3.56. The van der Waals surface area contributed by atoms with Gasteiger partial charge in [0.1, 0.15) is 0 Å². The van der Waals surface area contributed by atoms with Crippen molar-refractivity contribution in [2.75, 3.05) is 7.11 Å². The van der Waals surface area contributed by atoms with Gasteiger partial charge in [0.05, 0.1) is 7.11 Å². The Morgan fingerprint density at radius 2 is 1.58 bits per heavy atom. The Balaban J connectivity index is 2.30. The fourth-order valence-electron chi connectivity index (χ4n) is 1.56. The molecule has 0 saturated heterocycles. The van der Waals surface area contributed by atoms with Gasteiger partial charge in [-0.3, -0.25) is 0 Å². The van der Waals surface area contributed by atoms with Crippen LogP contribution in [0.25, 0.3) is 4.91 Å². The Morgan fingerprint density at radius 1 is 1.00 bits per heavy atom. The van der Waals surface area contributed by atoms with Gasteiger partial charge >= 0.3 is 5.97 Å².